The van der Waals surface area contributed by atoms with E-state index in [0.29, 0.717) is 0 Å². The summed E-state index contributed by atoms with van der Waals surface area (Å²) in [6.07, 6.45) is 44.7. The van der Waals surface area contributed by atoms with Crippen molar-refractivity contribution in [3.8, 4) is 44.5 Å². The van der Waals surface area contributed by atoms with Crippen LogP contribution in [0.4, 0.5) is 0 Å². The van der Waals surface area contributed by atoms with Gasteiger partial charge in [0.2, 0.25) is 0 Å². The third-order valence-corrected chi connectivity index (χ3v) is 21.2. The van der Waals surface area contributed by atoms with E-state index in [1.807, 2.05) is 0 Å². The number of hydrogen-bond acceptors (Lipinski definition) is 2. The normalized spacial score (nSPS) is 14.1. The fraction of sp³-hybridized carbons (Fsp3) is 0.436. The highest BCUT2D eigenvalue weighted by atomic mass is 79.9. The van der Waals surface area contributed by atoms with Crippen LogP contribution in [-0.2, 0) is 10.8 Å². The number of nitrogens with zero attached hydrogens (tertiary/aromatic N) is 2. The highest BCUT2D eigenvalue weighted by Crippen LogP contribution is 2.57. The third kappa shape index (κ3) is 12.5. The zero-order valence-electron chi connectivity index (χ0n) is 51.2. The summed E-state index contributed by atoms with van der Waals surface area (Å²) in [5.41, 5.74) is 24.0. The summed E-state index contributed by atoms with van der Waals surface area (Å²) in [7, 11) is 0. The summed E-state index contributed by atoms with van der Waals surface area (Å²) in [6, 6.07) is 42.5. The molecule has 0 saturated heterocycles. The number of unbranched alkanes of at least 4 members (excludes halogenated alkanes) is 20. The SMILES string of the molecule is CCCCCCCCC1(CCCCCCCC)c2ccccc2-c2ccc(-c3c4nc(c(Br)c5ccc([nH]5)c(-c5ccc6c(c5)C(CCCCCCCC)(CCCCCCCC)c5ccccc5-6)c5nc(c(Br)c6ccc3[nH]6)C=C5)C=C4)cc21. The Labute approximate surface area is 520 Å². The molecular formula is C78H92Br2N4. The van der Waals surface area contributed by atoms with Gasteiger partial charge in [0, 0.05) is 33.0 Å². The van der Waals surface area contributed by atoms with Crippen LogP contribution in [0.2, 0.25) is 0 Å². The number of halogens is 2. The second kappa shape index (κ2) is 28.3. The molecule has 4 aliphatic rings. The molecule has 2 aliphatic heterocycles. The van der Waals surface area contributed by atoms with Gasteiger partial charge in [0.15, 0.2) is 0 Å². The number of aromatic amines is 2. The van der Waals surface area contributed by atoms with Crippen molar-refractivity contribution in [1.82, 2.24) is 19.9 Å². The zero-order chi connectivity index (χ0) is 57.9. The molecule has 6 heteroatoms. The monoisotopic (exact) mass is 1240 g/mol. The van der Waals surface area contributed by atoms with E-state index in [0.717, 1.165) is 64.9 Å². The Morgan fingerprint density at radius 2 is 0.631 bits per heavy atom. The summed E-state index contributed by atoms with van der Waals surface area (Å²) in [4.78, 5) is 19.0. The molecular weight excluding hydrogens is 1150 g/mol. The molecule has 5 heterocycles. The van der Waals surface area contributed by atoms with E-state index in [1.54, 1.807) is 0 Å². The van der Waals surface area contributed by atoms with Gasteiger partial charge < -0.3 is 9.97 Å². The fourth-order valence-corrected chi connectivity index (χ4v) is 16.0. The molecule has 0 saturated carbocycles. The van der Waals surface area contributed by atoms with Crippen molar-refractivity contribution >= 4 is 78.2 Å². The van der Waals surface area contributed by atoms with Gasteiger partial charge in [0.05, 0.1) is 42.8 Å². The first-order chi connectivity index (χ1) is 41.3. The molecule has 0 radical (unpaired) electrons. The van der Waals surface area contributed by atoms with Crippen molar-refractivity contribution in [1.29, 1.82) is 0 Å². The van der Waals surface area contributed by atoms with Crippen LogP contribution in [-0.4, -0.2) is 19.9 Å². The summed E-state index contributed by atoms with van der Waals surface area (Å²) >= 11 is 8.30. The van der Waals surface area contributed by atoms with Gasteiger partial charge in [-0.1, -0.05) is 255 Å². The number of rotatable bonds is 30. The molecule has 0 fully saturated rings. The summed E-state index contributed by atoms with van der Waals surface area (Å²) < 4.78 is 1.88. The molecule has 0 unspecified atom stereocenters. The molecule has 84 heavy (non-hydrogen) atoms. The maximum Gasteiger partial charge on any atom is 0.0801 e. The van der Waals surface area contributed by atoms with Gasteiger partial charge in [-0.25, -0.2) is 9.97 Å². The van der Waals surface area contributed by atoms with E-state index < -0.39 is 0 Å². The zero-order valence-corrected chi connectivity index (χ0v) is 54.3. The van der Waals surface area contributed by atoms with E-state index in [4.69, 9.17) is 9.97 Å². The minimum Gasteiger partial charge on any atom is -0.354 e. The van der Waals surface area contributed by atoms with Crippen molar-refractivity contribution in [2.75, 3.05) is 0 Å². The number of hydrogen-bond donors (Lipinski definition) is 2. The Bertz CT molecular complexity index is 3370. The van der Waals surface area contributed by atoms with E-state index in [2.05, 4.69) is 203 Å². The average Bonchev–Trinajstić information content (AvgIpc) is 1.94. The highest BCUT2D eigenvalue weighted by molar-refractivity contribution is 9.11. The van der Waals surface area contributed by atoms with E-state index in [9.17, 15) is 0 Å². The molecule has 4 nitrogen and oxygen atoms in total. The second-order valence-electron chi connectivity index (χ2n) is 25.2. The van der Waals surface area contributed by atoms with Gasteiger partial charge in [-0.15, -0.1) is 0 Å². The van der Waals surface area contributed by atoms with E-state index in [1.165, 1.54) is 235 Å². The standard InChI is InChI=1S/C78H92Br2N4/c1-5-9-13-17-21-29-49-77(50-30-22-18-14-10-6-2)61-35-27-25-33-57(61)59-39-37-55(53-63(59)77)73-65-41-45-69(81-65)75(79)71-47-43-67(83-71)74(68-44-48-72(84-68)76(80)70-46-42-66(73)82-70)56-38-40-60-58-34-26-28-36-62(58)78(64(60)54-56,51-31-23-19-15-11-7-3)52-32-24-20-16-12-8-4/h25-28,33-48,53-54,81,84H,5-24,29-32,49-52H2,1-4H3. The van der Waals surface area contributed by atoms with Crippen molar-refractivity contribution < 1.29 is 0 Å². The van der Waals surface area contributed by atoms with Crippen LogP contribution in [0.1, 0.15) is 253 Å². The van der Waals surface area contributed by atoms with E-state index in [-0.39, 0.29) is 10.8 Å². The lowest BCUT2D eigenvalue weighted by Crippen LogP contribution is -2.25. The molecule has 11 rings (SSSR count). The predicted octanol–water partition coefficient (Wildman–Crippen LogP) is 25.1. The highest BCUT2D eigenvalue weighted by Gasteiger charge is 2.44. The Kier molecular flexibility index (Phi) is 20.3. The molecule has 2 aliphatic carbocycles. The first kappa shape index (κ1) is 60.1. The van der Waals surface area contributed by atoms with Gasteiger partial charge in [0.1, 0.15) is 0 Å². The number of aromatic nitrogens is 4. The molecule has 8 bridgehead atoms. The lowest BCUT2D eigenvalue weighted by molar-refractivity contribution is 0.398. The van der Waals surface area contributed by atoms with Gasteiger partial charge in [0.25, 0.3) is 0 Å². The maximum absolute atomic E-state index is 5.56. The van der Waals surface area contributed by atoms with Crippen LogP contribution in [0.3, 0.4) is 0 Å². The molecule has 0 atom stereocenters. The van der Waals surface area contributed by atoms with Crippen molar-refractivity contribution in [3.05, 3.63) is 163 Å². The van der Waals surface area contributed by atoms with Gasteiger partial charge in [-0.2, -0.15) is 0 Å². The number of nitrogens with one attached hydrogen (secondary N) is 2. The minimum absolute atomic E-state index is 0.0349. The van der Waals surface area contributed by atoms with Crippen LogP contribution in [0.15, 0.2) is 118 Å². The fourth-order valence-electron chi connectivity index (χ4n) is 15.1. The Balaban J connectivity index is 1.03. The topological polar surface area (TPSA) is 57.4 Å². The Morgan fingerprint density at radius 3 is 1.00 bits per heavy atom. The molecule has 0 spiro atoms. The Hall–Kier alpha value is -5.56. The summed E-state index contributed by atoms with van der Waals surface area (Å²) in [5, 5.41) is 0. The molecule has 2 N–H and O–H groups in total. The van der Waals surface area contributed by atoms with Gasteiger partial charge in [-0.05, 0) is 174 Å². The van der Waals surface area contributed by atoms with Crippen LogP contribution in [0, 0.1) is 0 Å². The second-order valence-corrected chi connectivity index (χ2v) is 26.8. The quantitative estimate of drug-likeness (QED) is 0.0441. The minimum atomic E-state index is -0.0349. The number of benzene rings is 4. The molecule has 4 aromatic carbocycles. The Morgan fingerprint density at radius 1 is 0.321 bits per heavy atom. The van der Waals surface area contributed by atoms with Crippen molar-refractivity contribution in [3.63, 3.8) is 0 Å². The first-order valence-electron chi connectivity index (χ1n) is 33.3. The van der Waals surface area contributed by atoms with Crippen molar-refractivity contribution in [2.45, 2.75) is 218 Å². The van der Waals surface area contributed by atoms with Crippen LogP contribution < -0.4 is 0 Å². The lowest BCUT2D eigenvalue weighted by atomic mass is 9.70. The largest absolute Gasteiger partial charge is 0.354 e. The predicted molar refractivity (Wildman–Crippen MR) is 370 cm³/mol. The van der Waals surface area contributed by atoms with Crippen LogP contribution in [0.5, 0.6) is 0 Å². The van der Waals surface area contributed by atoms with E-state index >= 15 is 0 Å². The van der Waals surface area contributed by atoms with Gasteiger partial charge in [-0.3, -0.25) is 0 Å². The van der Waals surface area contributed by atoms with Crippen molar-refractivity contribution in [2.24, 2.45) is 0 Å². The first-order valence-corrected chi connectivity index (χ1v) is 34.9. The summed E-state index contributed by atoms with van der Waals surface area (Å²) in [5.74, 6) is 0. The maximum atomic E-state index is 5.56. The third-order valence-electron chi connectivity index (χ3n) is 19.6. The molecule has 0 amide bonds. The smallest absolute Gasteiger partial charge is 0.0801 e. The summed E-state index contributed by atoms with van der Waals surface area (Å²) in [6.45, 7) is 9.29. The molecule has 438 valence electrons. The lowest BCUT2D eigenvalue weighted by Gasteiger charge is -2.33. The molecule has 7 aromatic rings. The van der Waals surface area contributed by atoms with Gasteiger partial charge >= 0.3 is 0 Å². The molecule has 3 aromatic heterocycles. The number of H-pyrrole nitrogens is 2. The number of fused-ring (bicyclic) bond motifs is 14. The van der Waals surface area contributed by atoms with Crippen LogP contribution >= 0.6 is 31.9 Å². The van der Waals surface area contributed by atoms with Crippen LogP contribution in [0.25, 0.3) is 90.9 Å². The average molecular weight is 1250 g/mol.